The molecule has 0 fully saturated rings. The van der Waals surface area contributed by atoms with Crippen molar-refractivity contribution in [2.45, 2.75) is 6.61 Å². The predicted molar refractivity (Wildman–Crippen MR) is 132 cm³/mol. The van der Waals surface area contributed by atoms with E-state index >= 15 is 0 Å². The van der Waals surface area contributed by atoms with Gasteiger partial charge in [0.1, 0.15) is 22.3 Å². The van der Waals surface area contributed by atoms with Crippen molar-refractivity contribution in [3.05, 3.63) is 70.6 Å². The van der Waals surface area contributed by atoms with Crippen LogP contribution in [0.3, 0.4) is 0 Å². The summed E-state index contributed by atoms with van der Waals surface area (Å²) < 4.78 is 45.4. The first kappa shape index (κ1) is 24.6. The number of halogens is 2. The topological polar surface area (TPSA) is 113 Å². The number of hydrogen-bond donors (Lipinski definition) is 2. The van der Waals surface area contributed by atoms with Crippen molar-refractivity contribution in [3.63, 3.8) is 0 Å². The molecule has 0 atom stereocenters. The van der Waals surface area contributed by atoms with Crippen LogP contribution in [0.15, 0.2) is 52.9 Å². The summed E-state index contributed by atoms with van der Waals surface area (Å²) in [6.07, 6.45) is 1.05. The molecule has 0 spiro atoms. The number of carbonyl (C=O) groups excluding carboxylic acids is 1. The maximum atomic E-state index is 13.5. The van der Waals surface area contributed by atoms with Crippen LogP contribution in [-0.2, 0) is 16.6 Å². The number of benzene rings is 2. The lowest BCUT2D eigenvalue weighted by Gasteiger charge is -2.20. The Balaban J connectivity index is 2.08. The fourth-order valence-corrected chi connectivity index (χ4v) is 4.38. The van der Waals surface area contributed by atoms with Gasteiger partial charge in [-0.15, -0.1) is 0 Å². The Kier molecular flexibility index (Phi) is 6.54. The zero-order valence-electron chi connectivity index (χ0n) is 19.0. The maximum Gasteiger partial charge on any atom is 0.255 e. The van der Waals surface area contributed by atoms with E-state index in [1.165, 1.54) is 44.4 Å². The largest absolute Gasteiger partial charge is 0.455 e. The lowest BCUT2D eigenvalue weighted by Crippen LogP contribution is -2.25. The van der Waals surface area contributed by atoms with Crippen LogP contribution in [0, 0.1) is 5.82 Å². The smallest absolute Gasteiger partial charge is 0.255 e. The molecule has 182 valence electrons. The summed E-state index contributed by atoms with van der Waals surface area (Å²) in [6.45, 7) is -0.315. The number of carbonyl (C=O) groups is 1. The normalized spacial score (nSPS) is 11.6. The van der Waals surface area contributed by atoms with Crippen LogP contribution in [0.1, 0.15) is 15.9 Å². The van der Waals surface area contributed by atoms with E-state index in [0.29, 0.717) is 27.8 Å². The van der Waals surface area contributed by atoms with E-state index in [0.717, 1.165) is 10.6 Å². The number of nitrogens with zero attached hydrogens (tertiary/aromatic N) is 2. The fourth-order valence-electron chi connectivity index (χ4n) is 3.66. The van der Waals surface area contributed by atoms with Gasteiger partial charge < -0.3 is 14.8 Å². The number of anilines is 1. The second-order valence-electron chi connectivity index (χ2n) is 7.79. The second kappa shape index (κ2) is 9.29. The summed E-state index contributed by atoms with van der Waals surface area (Å²) in [5.74, 6) is -0.689. The number of aliphatic hydroxyl groups is 1. The number of rotatable bonds is 6. The van der Waals surface area contributed by atoms with Crippen molar-refractivity contribution < 1.29 is 27.1 Å². The average molecular weight is 518 g/mol. The van der Waals surface area contributed by atoms with Gasteiger partial charge >= 0.3 is 0 Å². The number of aromatic nitrogens is 1. The van der Waals surface area contributed by atoms with Crippen LogP contribution >= 0.6 is 11.6 Å². The highest BCUT2D eigenvalue weighted by atomic mass is 35.5. The van der Waals surface area contributed by atoms with E-state index in [1.807, 2.05) is 0 Å². The van der Waals surface area contributed by atoms with Crippen molar-refractivity contribution in [1.29, 1.82) is 0 Å². The molecule has 4 rings (SSSR count). The molecule has 4 aromatic rings. The van der Waals surface area contributed by atoms with Gasteiger partial charge in [-0.3, -0.25) is 9.10 Å². The highest BCUT2D eigenvalue weighted by Crippen LogP contribution is 2.41. The van der Waals surface area contributed by atoms with Crippen molar-refractivity contribution in [2.75, 3.05) is 24.7 Å². The molecule has 0 aliphatic rings. The van der Waals surface area contributed by atoms with Crippen LogP contribution in [0.5, 0.6) is 0 Å². The van der Waals surface area contributed by atoms with Gasteiger partial charge in [0.15, 0.2) is 0 Å². The standard InChI is InChI=1S/C24H21ClFN3O5S/c1-27-24(31)21-17-10-16(18-9-6-14(12-30)23(25)28-18)19(29(2)35(3,32)33)11-20(17)34-22(21)13-4-7-15(26)8-5-13/h4-11,30H,12H2,1-3H3,(H,27,31). The van der Waals surface area contributed by atoms with E-state index in [9.17, 15) is 22.7 Å². The summed E-state index contributed by atoms with van der Waals surface area (Å²) in [4.78, 5) is 17.2. The lowest BCUT2D eigenvalue weighted by atomic mass is 10.0. The van der Waals surface area contributed by atoms with Gasteiger partial charge in [0.05, 0.1) is 29.8 Å². The monoisotopic (exact) mass is 517 g/mol. The molecule has 8 nitrogen and oxygen atoms in total. The van der Waals surface area contributed by atoms with Gasteiger partial charge in [0.2, 0.25) is 10.0 Å². The van der Waals surface area contributed by atoms with Gasteiger partial charge in [-0.25, -0.2) is 17.8 Å². The van der Waals surface area contributed by atoms with E-state index in [4.69, 9.17) is 16.0 Å². The van der Waals surface area contributed by atoms with Gasteiger partial charge in [-0.1, -0.05) is 17.7 Å². The highest BCUT2D eigenvalue weighted by Gasteiger charge is 2.26. The van der Waals surface area contributed by atoms with Gasteiger partial charge in [-0.05, 0) is 36.4 Å². The number of nitrogens with one attached hydrogen (secondary N) is 1. The van der Waals surface area contributed by atoms with Crippen molar-refractivity contribution in [2.24, 2.45) is 0 Å². The van der Waals surface area contributed by atoms with Crippen molar-refractivity contribution >= 4 is 44.2 Å². The number of sulfonamides is 1. The molecule has 0 bridgehead atoms. The number of furan rings is 1. The summed E-state index contributed by atoms with van der Waals surface area (Å²) in [5.41, 5.74) is 2.25. The van der Waals surface area contributed by atoms with Crippen molar-refractivity contribution in [3.8, 4) is 22.6 Å². The minimum absolute atomic E-state index is 0.0591. The van der Waals surface area contributed by atoms with E-state index < -0.39 is 21.7 Å². The molecule has 2 aromatic carbocycles. The Morgan fingerprint density at radius 1 is 1.20 bits per heavy atom. The summed E-state index contributed by atoms with van der Waals surface area (Å²) >= 11 is 6.20. The molecular formula is C24H21ClFN3O5S. The molecule has 11 heteroatoms. The lowest BCUT2D eigenvalue weighted by molar-refractivity contribution is 0.0964. The van der Waals surface area contributed by atoms with Crippen LogP contribution in [0.2, 0.25) is 5.15 Å². The van der Waals surface area contributed by atoms with Gasteiger partial charge in [0, 0.05) is 42.2 Å². The number of fused-ring (bicyclic) bond motifs is 1. The third kappa shape index (κ3) is 4.60. The Hall–Kier alpha value is -3.47. The minimum Gasteiger partial charge on any atom is -0.455 e. The highest BCUT2D eigenvalue weighted by molar-refractivity contribution is 7.92. The molecule has 0 unspecified atom stereocenters. The van der Waals surface area contributed by atoms with Crippen LogP contribution in [-0.4, -0.2) is 44.8 Å². The minimum atomic E-state index is -3.69. The molecule has 2 N–H and O–H groups in total. The third-order valence-corrected chi connectivity index (χ3v) is 7.09. The first-order chi connectivity index (χ1) is 16.5. The Bertz CT molecular complexity index is 1550. The molecule has 35 heavy (non-hydrogen) atoms. The maximum absolute atomic E-state index is 13.5. The number of amides is 1. The molecular weight excluding hydrogens is 497 g/mol. The number of pyridine rings is 1. The van der Waals surface area contributed by atoms with Crippen LogP contribution < -0.4 is 9.62 Å². The molecule has 2 aromatic heterocycles. The number of aliphatic hydroxyl groups excluding tert-OH is 1. The van der Waals surface area contributed by atoms with Crippen LogP contribution in [0.4, 0.5) is 10.1 Å². The zero-order valence-corrected chi connectivity index (χ0v) is 20.5. The zero-order chi connectivity index (χ0) is 25.5. The molecule has 0 aliphatic heterocycles. The Morgan fingerprint density at radius 3 is 2.46 bits per heavy atom. The van der Waals surface area contributed by atoms with E-state index in [-0.39, 0.29) is 34.4 Å². The molecule has 2 heterocycles. The van der Waals surface area contributed by atoms with Gasteiger partial charge in [0.25, 0.3) is 5.91 Å². The second-order valence-corrected chi connectivity index (χ2v) is 10.2. The Morgan fingerprint density at radius 2 is 1.89 bits per heavy atom. The molecule has 1 amide bonds. The third-order valence-electron chi connectivity index (χ3n) is 5.58. The molecule has 0 aliphatic carbocycles. The first-order valence-corrected chi connectivity index (χ1v) is 12.6. The summed E-state index contributed by atoms with van der Waals surface area (Å²) in [6, 6.07) is 11.7. The molecule has 0 saturated heterocycles. The summed E-state index contributed by atoms with van der Waals surface area (Å²) in [5, 5.41) is 12.5. The quantitative estimate of drug-likeness (QED) is 0.371. The van der Waals surface area contributed by atoms with E-state index in [1.54, 1.807) is 18.2 Å². The molecule has 0 saturated carbocycles. The molecule has 0 radical (unpaired) electrons. The first-order valence-electron chi connectivity index (χ1n) is 10.3. The van der Waals surface area contributed by atoms with Gasteiger partial charge in [-0.2, -0.15) is 0 Å². The fraction of sp³-hybridized carbons (Fsp3) is 0.167. The van der Waals surface area contributed by atoms with E-state index in [2.05, 4.69) is 10.3 Å². The Labute approximate surface area is 206 Å². The number of hydrogen-bond acceptors (Lipinski definition) is 6. The predicted octanol–water partition coefficient (Wildman–Crippen LogP) is 4.20. The van der Waals surface area contributed by atoms with Crippen molar-refractivity contribution in [1.82, 2.24) is 10.3 Å². The van der Waals surface area contributed by atoms with Crippen LogP contribution in [0.25, 0.3) is 33.6 Å². The summed E-state index contributed by atoms with van der Waals surface area (Å²) in [7, 11) is -0.838. The SMILES string of the molecule is CNC(=O)c1c(-c2ccc(F)cc2)oc2cc(N(C)S(C)(=O)=O)c(-c3ccc(CO)c(Cl)n3)cc12. The average Bonchev–Trinajstić information content (AvgIpc) is 3.20.